The summed E-state index contributed by atoms with van der Waals surface area (Å²) in [6.07, 6.45) is -0.0501. The average Bonchev–Trinajstić information content (AvgIpc) is 3.15. The van der Waals surface area contributed by atoms with E-state index >= 15 is 0 Å². The highest BCUT2D eigenvalue weighted by Crippen LogP contribution is 2.19. The highest BCUT2D eigenvalue weighted by molar-refractivity contribution is 6.30. The Morgan fingerprint density at radius 3 is 2.56 bits per heavy atom. The molecule has 27 heavy (non-hydrogen) atoms. The summed E-state index contributed by atoms with van der Waals surface area (Å²) in [5.74, 6) is 1.19. The smallest absolute Gasteiger partial charge is 0.261 e. The third kappa shape index (κ3) is 5.08. The molecule has 0 fully saturated rings. The van der Waals surface area contributed by atoms with E-state index in [0.717, 1.165) is 11.1 Å². The maximum atomic E-state index is 12.4. The van der Waals surface area contributed by atoms with Crippen LogP contribution in [0.4, 0.5) is 0 Å². The molecule has 1 aromatic heterocycles. The third-order valence-corrected chi connectivity index (χ3v) is 4.20. The Balaban J connectivity index is 1.57. The molecule has 1 heterocycles. The molecule has 0 radical (unpaired) electrons. The number of ether oxygens (including phenoxy) is 1. The van der Waals surface area contributed by atoms with E-state index in [1.807, 2.05) is 38.1 Å². The molecule has 6 nitrogen and oxygen atoms in total. The van der Waals surface area contributed by atoms with Crippen molar-refractivity contribution in [2.45, 2.75) is 32.9 Å². The van der Waals surface area contributed by atoms with Crippen LogP contribution in [0.3, 0.4) is 0 Å². The zero-order valence-corrected chi connectivity index (χ0v) is 15.9. The van der Waals surface area contributed by atoms with Crippen molar-refractivity contribution in [3.05, 3.63) is 65.0 Å². The van der Waals surface area contributed by atoms with Crippen LogP contribution in [0.25, 0.3) is 11.4 Å². The summed E-state index contributed by atoms with van der Waals surface area (Å²) in [6.45, 7) is 4.02. The van der Waals surface area contributed by atoms with Crippen molar-refractivity contribution in [2.75, 3.05) is 0 Å². The van der Waals surface area contributed by atoms with Crippen molar-refractivity contribution in [1.82, 2.24) is 15.5 Å². The molecule has 2 aromatic carbocycles. The maximum Gasteiger partial charge on any atom is 0.261 e. The fraction of sp³-hybridized carbons (Fsp3) is 0.250. The molecule has 0 spiro atoms. The quantitative estimate of drug-likeness (QED) is 0.660. The van der Waals surface area contributed by atoms with Gasteiger partial charge in [-0.1, -0.05) is 41.4 Å². The molecule has 7 heteroatoms. The first-order valence-corrected chi connectivity index (χ1v) is 9.02. The molecule has 0 aliphatic heterocycles. The lowest BCUT2D eigenvalue weighted by molar-refractivity contribution is -0.128. The van der Waals surface area contributed by atoms with Gasteiger partial charge in [0, 0.05) is 10.6 Å². The zero-order chi connectivity index (χ0) is 19.2. The lowest BCUT2D eigenvalue weighted by Gasteiger charge is -2.16. The number of aromatic nitrogens is 2. The largest absolute Gasteiger partial charge is 0.481 e. The summed E-state index contributed by atoms with van der Waals surface area (Å²) < 4.78 is 11.0. The Morgan fingerprint density at radius 2 is 1.89 bits per heavy atom. The summed E-state index contributed by atoms with van der Waals surface area (Å²) >= 11 is 5.87. The van der Waals surface area contributed by atoms with E-state index in [1.54, 1.807) is 24.3 Å². The molecular weight excluding hydrogens is 366 g/mol. The number of rotatable bonds is 7. The van der Waals surface area contributed by atoms with E-state index in [4.69, 9.17) is 20.9 Å². The van der Waals surface area contributed by atoms with Gasteiger partial charge in [0.15, 0.2) is 6.10 Å². The summed E-state index contributed by atoms with van der Waals surface area (Å²) in [5.41, 5.74) is 1.92. The minimum absolute atomic E-state index is 0.132. The second-order valence-corrected chi connectivity index (χ2v) is 6.50. The van der Waals surface area contributed by atoms with Crippen LogP contribution < -0.4 is 10.1 Å². The van der Waals surface area contributed by atoms with Crippen LogP contribution in [0.2, 0.25) is 5.02 Å². The first kappa shape index (κ1) is 18.9. The number of amides is 1. The fourth-order valence-electron chi connectivity index (χ4n) is 2.42. The van der Waals surface area contributed by atoms with Crippen molar-refractivity contribution in [1.29, 1.82) is 0 Å². The number of hydrogen-bond acceptors (Lipinski definition) is 5. The van der Waals surface area contributed by atoms with Gasteiger partial charge in [0.25, 0.3) is 5.91 Å². The van der Waals surface area contributed by atoms with E-state index in [9.17, 15) is 4.79 Å². The number of nitrogens with zero attached hydrogens (tertiary/aromatic N) is 2. The van der Waals surface area contributed by atoms with Crippen LogP contribution in [-0.2, 0) is 11.3 Å². The number of carbonyl (C=O) groups is 1. The van der Waals surface area contributed by atoms with Crippen LogP contribution in [-0.4, -0.2) is 22.2 Å². The van der Waals surface area contributed by atoms with Crippen LogP contribution in [0.1, 0.15) is 24.8 Å². The standard InChI is InChI=1S/C20H20ClN3O3/c1-3-17(26-16-10-4-13(2)5-11-16)20(25)22-12-18-23-19(24-27-18)14-6-8-15(21)9-7-14/h4-11,17H,3,12H2,1-2H3,(H,22,25)/t17-/m1/s1. The van der Waals surface area contributed by atoms with Gasteiger partial charge in [0.1, 0.15) is 5.75 Å². The fourth-order valence-corrected chi connectivity index (χ4v) is 2.55. The number of hydrogen-bond donors (Lipinski definition) is 1. The maximum absolute atomic E-state index is 12.4. The number of nitrogens with one attached hydrogen (secondary N) is 1. The SMILES string of the molecule is CC[C@@H](Oc1ccc(C)cc1)C(=O)NCc1nc(-c2ccc(Cl)cc2)no1. The van der Waals surface area contributed by atoms with E-state index in [-0.39, 0.29) is 12.5 Å². The number of carbonyl (C=O) groups excluding carboxylic acids is 1. The molecule has 3 rings (SSSR count). The topological polar surface area (TPSA) is 77.2 Å². The van der Waals surface area contributed by atoms with E-state index < -0.39 is 6.10 Å². The monoisotopic (exact) mass is 385 g/mol. The Morgan fingerprint density at radius 1 is 1.19 bits per heavy atom. The van der Waals surface area contributed by atoms with Gasteiger partial charge < -0.3 is 14.6 Å². The molecule has 1 amide bonds. The summed E-state index contributed by atoms with van der Waals surface area (Å²) in [5, 5.41) is 7.33. The van der Waals surface area contributed by atoms with Crippen LogP contribution in [0.5, 0.6) is 5.75 Å². The lowest BCUT2D eigenvalue weighted by atomic mass is 10.2. The van der Waals surface area contributed by atoms with Crippen molar-refractivity contribution < 1.29 is 14.1 Å². The molecule has 140 valence electrons. The first-order chi connectivity index (χ1) is 13.0. The van der Waals surface area contributed by atoms with Gasteiger partial charge in [-0.3, -0.25) is 4.79 Å². The molecule has 1 atom stereocenters. The second kappa shape index (κ2) is 8.68. The van der Waals surface area contributed by atoms with Gasteiger partial charge in [-0.15, -0.1) is 0 Å². The summed E-state index contributed by atoms with van der Waals surface area (Å²) in [4.78, 5) is 16.7. The Kier molecular flexibility index (Phi) is 6.08. The summed E-state index contributed by atoms with van der Waals surface area (Å²) in [7, 11) is 0. The van der Waals surface area contributed by atoms with Crippen molar-refractivity contribution in [3.8, 4) is 17.1 Å². The van der Waals surface area contributed by atoms with Gasteiger partial charge in [-0.25, -0.2) is 0 Å². The van der Waals surface area contributed by atoms with E-state index in [0.29, 0.717) is 28.9 Å². The van der Waals surface area contributed by atoms with Gasteiger partial charge in [0.2, 0.25) is 11.7 Å². The highest BCUT2D eigenvalue weighted by atomic mass is 35.5. The average molecular weight is 386 g/mol. The molecular formula is C20H20ClN3O3. The normalized spacial score (nSPS) is 11.8. The zero-order valence-electron chi connectivity index (χ0n) is 15.1. The Bertz CT molecular complexity index is 892. The van der Waals surface area contributed by atoms with E-state index in [2.05, 4.69) is 15.5 Å². The van der Waals surface area contributed by atoms with Gasteiger partial charge in [-0.05, 0) is 49.7 Å². The first-order valence-electron chi connectivity index (χ1n) is 8.64. The van der Waals surface area contributed by atoms with Crippen molar-refractivity contribution in [3.63, 3.8) is 0 Å². The Hall–Kier alpha value is -2.86. The van der Waals surface area contributed by atoms with E-state index in [1.165, 1.54) is 0 Å². The van der Waals surface area contributed by atoms with Crippen molar-refractivity contribution >= 4 is 17.5 Å². The second-order valence-electron chi connectivity index (χ2n) is 6.06. The van der Waals surface area contributed by atoms with Gasteiger partial charge in [0.05, 0.1) is 6.54 Å². The number of benzene rings is 2. The minimum atomic E-state index is -0.591. The molecule has 0 saturated carbocycles. The lowest BCUT2D eigenvalue weighted by Crippen LogP contribution is -2.37. The molecule has 0 bridgehead atoms. The minimum Gasteiger partial charge on any atom is -0.481 e. The summed E-state index contributed by atoms with van der Waals surface area (Å²) in [6, 6.07) is 14.7. The molecule has 1 N–H and O–H groups in total. The predicted octanol–water partition coefficient (Wildman–Crippen LogP) is 4.17. The van der Waals surface area contributed by atoms with Crippen LogP contribution >= 0.6 is 11.6 Å². The van der Waals surface area contributed by atoms with Gasteiger partial charge in [-0.2, -0.15) is 4.98 Å². The number of halogens is 1. The third-order valence-electron chi connectivity index (χ3n) is 3.95. The molecule has 0 saturated heterocycles. The van der Waals surface area contributed by atoms with Crippen molar-refractivity contribution in [2.24, 2.45) is 0 Å². The molecule has 3 aromatic rings. The molecule has 0 aliphatic carbocycles. The Labute approximate surface area is 162 Å². The highest BCUT2D eigenvalue weighted by Gasteiger charge is 2.19. The van der Waals surface area contributed by atoms with Gasteiger partial charge >= 0.3 is 0 Å². The molecule has 0 aliphatic rings. The van der Waals surface area contributed by atoms with Crippen LogP contribution in [0, 0.1) is 6.92 Å². The number of aryl methyl sites for hydroxylation is 1. The molecule has 0 unspecified atom stereocenters. The van der Waals surface area contributed by atoms with Crippen LogP contribution in [0.15, 0.2) is 53.1 Å². The predicted molar refractivity (Wildman–Crippen MR) is 102 cm³/mol.